The van der Waals surface area contributed by atoms with Crippen LogP contribution in [-0.2, 0) is 6.54 Å². The van der Waals surface area contributed by atoms with Crippen molar-refractivity contribution >= 4 is 40.0 Å². The zero-order valence-electron chi connectivity index (χ0n) is 25.0. The number of aromatic nitrogens is 2. The minimum Gasteiger partial charge on any atom is -0.477 e. The zero-order chi connectivity index (χ0) is 33.2. The van der Waals surface area contributed by atoms with Crippen molar-refractivity contribution in [1.82, 2.24) is 14.5 Å². The Balaban J connectivity index is 1.67. The number of hydrogen-bond donors (Lipinski definition) is 1. The first-order valence-corrected chi connectivity index (χ1v) is 14.9. The third kappa shape index (κ3) is 6.59. The van der Waals surface area contributed by atoms with Crippen LogP contribution < -0.4 is 20.0 Å². The number of alkyl halides is 3. The normalized spacial score (nSPS) is 13.7. The molecule has 4 aromatic rings. The quantitative estimate of drug-likeness (QED) is 0.224. The number of benzene rings is 2. The summed E-state index contributed by atoms with van der Waals surface area (Å²) < 4.78 is 51.0. The van der Waals surface area contributed by atoms with E-state index in [9.17, 15) is 28.7 Å². The lowest BCUT2D eigenvalue weighted by molar-refractivity contribution is -0.0955. The number of piperazine rings is 1. The van der Waals surface area contributed by atoms with E-state index in [2.05, 4.69) is 16.0 Å². The standard InChI is InChI=1S/C32H30ClF3N6O4/c1-3-39(4-2)18-20-7-9-22(10-8-20)42-19-24(31(44)45)28(43)23-16-25(34)27(29(26(23)42)46-32(33,35)36)40-12-14-41(15-13-40)30-21(17-37)6-5-11-38-30/h5-11,16,19H,3-4,12-15,18H2,1-2H3,(H,44,45). The van der Waals surface area contributed by atoms with E-state index in [0.717, 1.165) is 30.9 Å². The van der Waals surface area contributed by atoms with Gasteiger partial charge in [0.25, 0.3) is 0 Å². The first-order chi connectivity index (χ1) is 21.9. The molecule has 1 aliphatic heterocycles. The Bertz CT molecular complexity index is 1860. The fourth-order valence-corrected chi connectivity index (χ4v) is 5.70. The third-order valence-electron chi connectivity index (χ3n) is 7.94. The molecule has 1 fully saturated rings. The van der Waals surface area contributed by atoms with Crippen LogP contribution in [-0.4, -0.2) is 70.4 Å². The molecule has 46 heavy (non-hydrogen) atoms. The van der Waals surface area contributed by atoms with Gasteiger partial charge in [-0.3, -0.25) is 9.69 Å². The van der Waals surface area contributed by atoms with Crippen LogP contribution in [0.3, 0.4) is 0 Å². The number of carbonyl (C=O) groups is 1. The summed E-state index contributed by atoms with van der Waals surface area (Å²) in [6, 6.07) is 13.1. The number of hydrogen-bond acceptors (Lipinski definition) is 8. The number of carboxylic acid groups (broad SMARTS) is 1. The maximum Gasteiger partial charge on any atom is 0.487 e. The van der Waals surface area contributed by atoms with Gasteiger partial charge in [-0.15, -0.1) is 8.78 Å². The van der Waals surface area contributed by atoms with Crippen LogP contribution >= 0.6 is 11.6 Å². The predicted octanol–water partition coefficient (Wildman–Crippen LogP) is 5.43. The van der Waals surface area contributed by atoms with Crippen LogP contribution in [0.5, 0.6) is 5.75 Å². The summed E-state index contributed by atoms with van der Waals surface area (Å²) >= 11 is 5.25. The number of halogens is 4. The highest BCUT2D eigenvalue weighted by molar-refractivity contribution is 6.21. The molecule has 0 unspecified atom stereocenters. The number of anilines is 2. The highest BCUT2D eigenvalue weighted by Crippen LogP contribution is 2.43. The molecule has 3 heterocycles. The first-order valence-electron chi connectivity index (χ1n) is 14.5. The van der Waals surface area contributed by atoms with Crippen molar-refractivity contribution < 1.29 is 27.8 Å². The van der Waals surface area contributed by atoms with Gasteiger partial charge in [-0.05, 0) is 49.0 Å². The first kappa shape index (κ1) is 32.6. The summed E-state index contributed by atoms with van der Waals surface area (Å²) in [5.41, 5.74) is -5.11. The molecule has 1 N–H and O–H groups in total. The van der Waals surface area contributed by atoms with Gasteiger partial charge in [0, 0.05) is 62.4 Å². The number of pyridine rings is 2. The molecule has 0 saturated carbocycles. The minimum absolute atomic E-state index is 0.103. The van der Waals surface area contributed by atoms with E-state index in [1.54, 1.807) is 42.6 Å². The number of nitrogens with zero attached hydrogens (tertiary/aromatic N) is 6. The Kier molecular flexibility index (Phi) is 9.41. The van der Waals surface area contributed by atoms with E-state index in [-0.39, 0.29) is 37.4 Å². The predicted molar refractivity (Wildman–Crippen MR) is 168 cm³/mol. The Morgan fingerprint density at radius 2 is 1.78 bits per heavy atom. The molecule has 0 bridgehead atoms. The SMILES string of the molecule is CCN(CC)Cc1ccc(-n2cc(C(=O)O)c(=O)c3cc(F)c(N4CCN(c5ncccc5C#N)CC4)c(OC(F)(F)Cl)c32)cc1. The molecule has 0 radical (unpaired) electrons. The summed E-state index contributed by atoms with van der Waals surface area (Å²) in [7, 11) is 0. The Hall–Kier alpha value is -4.80. The Morgan fingerprint density at radius 3 is 2.37 bits per heavy atom. The van der Waals surface area contributed by atoms with Gasteiger partial charge in [0.2, 0.25) is 5.43 Å². The van der Waals surface area contributed by atoms with Crippen molar-refractivity contribution in [3.8, 4) is 17.5 Å². The smallest absolute Gasteiger partial charge is 0.477 e. The summed E-state index contributed by atoms with van der Waals surface area (Å²) in [5, 5.41) is 18.8. The number of fused-ring (bicyclic) bond motifs is 1. The van der Waals surface area contributed by atoms with Gasteiger partial charge in [0.05, 0.1) is 10.9 Å². The number of aromatic carboxylic acids is 1. The molecule has 0 aliphatic carbocycles. The van der Waals surface area contributed by atoms with Crippen molar-refractivity contribution in [1.29, 1.82) is 5.26 Å². The lowest BCUT2D eigenvalue weighted by Gasteiger charge is -2.38. The lowest BCUT2D eigenvalue weighted by atomic mass is 10.1. The summed E-state index contributed by atoms with van der Waals surface area (Å²) in [6.45, 7) is 7.05. The van der Waals surface area contributed by atoms with Crippen molar-refractivity contribution in [3.63, 3.8) is 0 Å². The van der Waals surface area contributed by atoms with Gasteiger partial charge in [0.15, 0.2) is 11.6 Å². The molecule has 0 amide bonds. The average molecular weight is 655 g/mol. The summed E-state index contributed by atoms with van der Waals surface area (Å²) in [4.78, 5) is 35.2. The van der Waals surface area contributed by atoms with Gasteiger partial charge in [-0.2, -0.15) is 5.26 Å². The maximum absolute atomic E-state index is 16.0. The molecule has 14 heteroatoms. The van der Waals surface area contributed by atoms with Gasteiger partial charge < -0.3 is 24.2 Å². The van der Waals surface area contributed by atoms with E-state index in [1.165, 1.54) is 9.47 Å². The van der Waals surface area contributed by atoms with Crippen molar-refractivity contribution in [3.05, 3.63) is 87.6 Å². The summed E-state index contributed by atoms with van der Waals surface area (Å²) in [5.74, 6) is -2.93. The second-order valence-electron chi connectivity index (χ2n) is 10.6. The van der Waals surface area contributed by atoms with Crippen LogP contribution in [0.15, 0.2) is 59.7 Å². The van der Waals surface area contributed by atoms with E-state index in [0.29, 0.717) is 23.6 Å². The van der Waals surface area contributed by atoms with E-state index in [4.69, 9.17) is 16.3 Å². The molecule has 240 valence electrons. The van der Waals surface area contributed by atoms with Crippen LogP contribution in [0, 0.1) is 17.1 Å². The maximum atomic E-state index is 16.0. The highest BCUT2D eigenvalue weighted by atomic mass is 35.5. The molecule has 0 spiro atoms. The molecule has 0 atom stereocenters. The molecule has 2 aromatic heterocycles. The fourth-order valence-electron chi connectivity index (χ4n) is 5.62. The monoisotopic (exact) mass is 654 g/mol. The summed E-state index contributed by atoms with van der Waals surface area (Å²) in [6.07, 6.45) is 2.55. The molecular weight excluding hydrogens is 625 g/mol. The molecular formula is C32H30ClF3N6O4. The fraction of sp³-hybridized carbons (Fsp3) is 0.312. The minimum atomic E-state index is -4.31. The van der Waals surface area contributed by atoms with Crippen molar-refractivity contribution in [2.45, 2.75) is 26.0 Å². The average Bonchev–Trinajstić information content (AvgIpc) is 3.03. The lowest BCUT2D eigenvalue weighted by Crippen LogP contribution is -2.47. The van der Waals surface area contributed by atoms with E-state index < -0.39 is 39.5 Å². The molecule has 2 aromatic carbocycles. The highest BCUT2D eigenvalue weighted by Gasteiger charge is 2.35. The van der Waals surface area contributed by atoms with Crippen LogP contribution in [0.2, 0.25) is 0 Å². The van der Waals surface area contributed by atoms with Crippen molar-refractivity contribution in [2.75, 3.05) is 49.1 Å². The second kappa shape index (κ2) is 13.3. The molecule has 1 saturated heterocycles. The van der Waals surface area contributed by atoms with Gasteiger partial charge in [0.1, 0.15) is 28.7 Å². The van der Waals surface area contributed by atoms with Gasteiger partial charge in [-0.1, -0.05) is 26.0 Å². The Morgan fingerprint density at radius 1 is 1.13 bits per heavy atom. The van der Waals surface area contributed by atoms with Gasteiger partial charge in [-0.25, -0.2) is 14.2 Å². The number of nitriles is 1. The van der Waals surface area contributed by atoms with E-state index in [1.807, 2.05) is 18.7 Å². The third-order valence-corrected chi connectivity index (χ3v) is 8.01. The van der Waals surface area contributed by atoms with Gasteiger partial charge >= 0.3 is 11.5 Å². The largest absolute Gasteiger partial charge is 0.487 e. The van der Waals surface area contributed by atoms with Crippen molar-refractivity contribution in [2.24, 2.45) is 0 Å². The van der Waals surface area contributed by atoms with E-state index >= 15 is 4.39 Å². The number of rotatable bonds is 10. The molecule has 1 aliphatic rings. The molecule has 5 rings (SSSR count). The topological polar surface area (TPSA) is 115 Å². The van der Waals surface area contributed by atoms with Crippen LogP contribution in [0.25, 0.3) is 16.6 Å². The zero-order valence-corrected chi connectivity index (χ0v) is 25.8. The number of ether oxygens (including phenoxy) is 1. The molecule has 10 nitrogen and oxygen atoms in total. The van der Waals surface area contributed by atoms with Crippen LogP contribution in [0.1, 0.15) is 35.3 Å². The van der Waals surface area contributed by atoms with Crippen LogP contribution in [0.4, 0.5) is 24.7 Å². The second-order valence-corrected chi connectivity index (χ2v) is 11.1. The number of carboxylic acids is 1. The Labute approximate surface area is 267 Å².